The molecule has 1 aromatic carbocycles. The topological polar surface area (TPSA) is 53.1 Å². The summed E-state index contributed by atoms with van der Waals surface area (Å²) in [6, 6.07) is 9.50. The van der Waals surface area contributed by atoms with E-state index in [0.717, 1.165) is 16.8 Å². The van der Waals surface area contributed by atoms with Gasteiger partial charge < -0.3 is 9.42 Å². The quantitative estimate of drug-likeness (QED) is 0.617. The van der Waals surface area contributed by atoms with E-state index in [1.807, 2.05) is 44.4 Å². The van der Waals surface area contributed by atoms with Gasteiger partial charge in [-0.05, 0) is 0 Å². The van der Waals surface area contributed by atoms with Crippen LogP contribution in [0.5, 0.6) is 0 Å². The minimum absolute atomic E-state index is 0.492. The van der Waals surface area contributed by atoms with Gasteiger partial charge in [-0.25, -0.2) is 0 Å². The van der Waals surface area contributed by atoms with Crippen LogP contribution in [0.2, 0.25) is 0 Å². The second-order valence-electron chi connectivity index (χ2n) is 3.71. The van der Waals surface area contributed by atoms with E-state index >= 15 is 0 Å². The Morgan fingerprint density at radius 2 is 1.88 bits per heavy atom. The summed E-state index contributed by atoms with van der Waals surface area (Å²) in [7, 11) is 3.71. The summed E-state index contributed by atoms with van der Waals surface area (Å²) in [6.07, 6.45) is 1.55. The first-order valence-electron chi connectivity index (χ1n) is 4.95. The van der Waals surface area contributed by atoms with Crippen molar-refractivity contribution in [2.45, 2.75) is 0 Å². The fraction of sp³-hybridized carbons (Fsp3) is 0.167. The number of hydrogen-bond donors (Lipinski definition) is 1. The lowest BCUT2D eigenvalue weighted by atomic mass is 10.1. The van der Waals surface area contributed by atoms with Crippen LogP contribution in [0.25, 0.3) is 11.3 Å². The van der Waals surface area contributed by atoms with Gasteiger partial charge in [0.15, 0.2) is 0 Å². The zero-order valence-electron chi connectivity index (χ0n) is 9.27. The van der Waals surface area contributed by atoms with Gasteiger partial charge in [0.05, 0.1) is 0 Å². The molecular formula is C12H13N3O. The second kappa shape index (κ2) is 4.18. The normalized spacial score (nSPS) is 10.1. The third kappa shape index (κ3) is 1.95. The number of nitrogens with zero attached hydrogens (tertiary/aromatic N) is 2. The van der Waals surface area contributed by atoms with E-state index in [4.69, 9.17) is 9.93 Å². The Morgan fingerprint density at radius 3 is 2.38 bits per heavy atom. The van der Waals surface area contributed by atoms with Crippen LogP contribution < -0.4 is 0 Å². The molecule has 0 spiro atoms. The Bertz CT molecular complexity index is 471. The van der Waals surface area contributed by atoms with E-state index in [1.54, 1.807) is 11.2 Å². The van der Waals surface area contributed by atoms with Crippen molar-refractivity contribution in [3.63, 3.8) is 0 Å². The van der Waals surface area contributed by atoms with Gasteiger partial charge in [0, 0.05) is 31.3 Å². The van der Waals surface area contributed by atoms with Gasteiger partial charge in [-0.2, -0.15) is 0 Å². The third-order valence-electron chi connectivity index (χ3n) is 2.34. The summed E-state index contributed by atoms with van der Waals surface area (Å²) in [6.45, 7) is 0. The zero-order valence-corrected chi connectivity index (χ0v) is 9.27. The summed E-state index contributed by atoms with van der Waals surface area (Å²) in [5, 5.41) is 11.7. The van der Waals surface area contributed by atoms with E-state index in [0.29, 0.717) is 5.84 Å². The first-order valence-corrected chi connectivity index (χ1v) is 4.95. The van der Waals surface area contributed by atoms with Crippen LogP contribution in [0.15, 0.2) is 41.1 Å². The molecule has 0 unspecified atom stereocenters. The molecule has 16 heavy (non-hydrogen) atoms. The molecule has 0 bridgehead atoms. The monoisotopic (exact) mass is 215 g/mol. The van der Waals surface area contributed by atoms with Crippen molar-refractivity contribution in [3.05, 3.63) is 42.2 Å². The number of aromatic nitrogens is 1. The van der Waals surface area contributed by atoms with Crippen LogP contribution in [0, 0.1) is 5.41 Å². The van der Waals surface area contributed by atoms with E-state index in [2.05, 4.69) is 5.16 Å². The van der Waals surface area contributed by atoms with Crippen molar-refractivity contribution in [1.82, 2.24) is 10.1 Å². The Balaban J connectivity index is 2.27. The highest BCUT2D eigenvalue weighted by Gasteiger charge is 2.05. The maximum Gasteiger partial charge on any atom is 0.127 e. The highest BCUT2D eigenvalue weighted by atomic mass is 16.5. The molecule has 82 valence electrons. The lowest BCUT2D eigenvalue weighted by Crippen LogP contribution is -2.21. The molecule has 0 radical (unpaired) electrons. The maximum absolute atomic E-state index is 7.82. The molecule has 0 aliphatic carbocycles. The van der Waals surface area contributed by atoms with Gasteiger partial charge in [-0.15, -0.1) is 0 Å². The van der Waals surface area contributed by atoms with Gasteiger partial charge in [0.1, 0.15) is 17.8 Å². The zero-order chi connectivity index (χ0) is 11.5. The van der Waals surface area contributed by atoms with Crippen LogP contribution in [0.3, 0.4) is 0 Å². The first-order chi connectivity index (χ1) is 7.68. The average Bonchev–Trinajstić information content (AvgIpc) is 2.81. The van der Waals surface area contributed by atoms with Gasteiger partial charge >= 0.3 is 0 Å². The van der Waals surface area contributed by atoms with Gasteiger partial charge in [0.2, 0.25) is 0 Å². The number of benzene rings is 1. The van der Waals surface area contributed by atoms with E-state index in [9.17, 15) is 0 Å². The minimum Gasteiger partial charge on any atom is -0.364 e. The molecule has 0 aliphatic heterocycles. The van der Waals surface area contributed by atoms with Crippen LogP contribution in [0.1, 0.15) is 5.56 Å². The van der Waals surface area contributed by atoms with Crippen LogP contribution in [-0.2, 0) is 0 Å². The summed E-state index contributed by atoms with van der Waals surface area (Å²) in [5.41, 5.74) is 2.68. The molecule has 1 heterocycles. The molecule has 1 N–H and O–H groups in total. The fourth-order valence-corrected chi connectivity index (χ4v) is 1.42. The number of rotatable bonds is 2. The lowest BCUT2D eigenvalue weighted by Gasteiger charge is -2.13. The lowest BCUT2D eigenvalue weighted by molar-refractivity contribution is 0.422. The predicted molar refractivity (Wildman–Crippen MR) is 62.5 cm³/mol. The highest BCUT2D eigenvalue weighted by molar-refractivity contribution is 5.96. The molecule has 1 aromatic heterocycles. The summed E-state index contributed by atoms with van der Waals surface area (Å²) < 4.78 is 4.78. The van der Waals surface area contributed by atoms with Crippen LogP contribution in [-0.4, -0.2) is 30.0 Å². The van der Waals surface area contributed by atoms with Crippen LogP contribution >= 0.6 is 0 Å². The molecule has 2 aromatic rings. The summed E-state index contributed by atoms with van der Waals surface area (Å²) in [5.74, 6) is 0.492. The first kappa shape index (κ1) is 10.4. The van der Waals surface area contributed by atoms with Crippen molar-refractivity contribution in [3.8, 4) is 11.3 Å². The van der Waals surface area contributed by atoms with E-state index < -0.39 is 0 Å². The SMILES string of the molecule is CN(C)C(=N)c1ccc(-c2ccon2)cc1. The third-order valence-corrected chi connectivity index (χ3v) is 2.34. The fourth-order valence-electron chi connectivity index (χ4n) is 1.42. The largest absolute Gasteiger partial charge is 0.364 e. The minimum atomic E-state index is 0.492. The van der Waals surface area contributed by atoms with Crippen molar-refractivity contribution in [2.75, 3.05) is 14.1 Å². The summed E-state index contributed by atoms with van der Waals surface area (Å²) >= 11 is 0. The van der Waals surface area contributed by atoms with Crippen molar-refractivity contribution >= 4 is 5.84 Å². The molecule has 2 rings (SSSR count). The molecule has 0 amide bonds. The standard InChI is InChI=1S/C12H13N3O/c1-15(2)12(13)10-5-3-9(4-6-10)11-7-8-16-14-11/h3-8,13H,1-2H3. The molecule has 0 fully saturated rings. The second-order valence-corrected chi connectivity index (χ2v) is 3.71. The van der Waals surface area contributed by atoms with Crippen molar-refractivity contribution in [2.24, 2.45) is 0 Å². The Morgan fingerprint density at radius 1 is 1.19 bits per heavy atom. The molecule has 0 saturated heterocycles. The molecular weight excluding hydrogens is 202 g/mol. The molecule has 0 atom stereocenters. The smallest absolute Gasteiger partial charge is 0.127 e. The van der Waals surface area contributed by atoms with Crippen molar-refractivity contribution < 1.29 is 4.52 Å². The number of amidine groups is 1. The Kier molecular flexibility index (Phi) is 2.72. The van der Waals surface area contributed by atoms with Gasteiger partial charge in [-0.1, -0.05) is 29.4 Å². The maximum atomic E-state index is 7.82. The molecule has 4 nitrogen and oxygen atoms in total. The Hall–Kier alpha value is -2.10. The highest BCUT2D eigenvalue weighted by Crippen LogP contribution is 2.17. The molecule has 0 saturated carbocycles. The van der Waals surface area contributed by atoms with Crippen LogP contribution in [0.4, 0.5) is 0 Å². The van der Waals surface area contributed by atoms with E-state index in [1.165, 1.54) is 0 Å². The van der Waals surface area contributed by atoms with E-state index in [-0.39, 0.29) is 0 Å². The Labute approximate surface area is 94.0 Å². The van der Waals surface area contributed by atoms with Gasteiger partial charge in [-0.3, -0.25) is 5.41 Å². The molecule has 0 aliphatic rings. The number of hydrogen-bond acceptors (Lipinski definition) is 3. The molecule has 4 heteroatoms. The predicted octanol–water partition coefficient (Wildman–Crippen LogP) is 2.23. The summed E-state index contributed by atoms with van der Waals surface area (Å²) in [4.78, 5) is 1.77. The number of nitrogens with one attached hydrogen (secondary N) is 1. The van der Waals surface area contributed by atoms with Gasteiger partial charge in [0.25, 0.3) is 0 Å². The van der Waals surface area contributed by atoms with Crippen molar-refractivity contribution in [1.29, 1.82) is 5.41 Å². The average molecular weight is 215 g/mol.